The quantitative estimate of drug-likeness (QED) is 0.305. The van der Waals surface area contributed by atoms with Crippen molar-refractivity contribution in [2.75, 3.05) is 13.7 Å². The van der Waals surface area contributed by atoms with Gasteiger partial charge in [-0.05, 0) is 35.7 Å². The van der Waals surface area contributed by atoms with Crippen LogP contribution in [0.4, 0.5) is 0 Å². The smallest absolute Gasteiger partial charge is 0.337 e. The summed E-state index contributed by atoms with van der Waals surface area (Å²) < 4.78 is 10.2. The van der Waals surface area contributed by atoms with Crippen LogP contribution in [-0.4, -0.2) is 36.4 Å². The monoisotopic (exact) mass is 381 g/mol. The van der Waals surface area contributed by atoms with Crippen LogP contribution in [-0.2, 0) is 16.1 Å². The molecule has 0 amide bonds. The zero-order chi connectivity index (χ0) is 20.4. The summed E-state index contributed by atoms with van der Waals surface area (Å²) in [6.07, 6.45) is 2.31. The van der Waals surface area contributed by atoms with Crippen LogP contribution in [0.2, 0.25) is 0 Å². The van der Waals surface area contributed by atoms with Gasteiger partial charge in [0, 0.05) is 4.91 Å². The first-order valence-electron chi connectivity index (χ1n) is 8.72. The average molecular weight is 381 g/mol. The van der Waals surface area contributed by atoms with Gasteiger partial charge in [-0.25, -0.2) is 4.79 Å². The largest absolute Gasteiger partial charge is 0.465 e. The maximum Gasteiger partial charge on any atom is 0.337 e. The van der Waals surface area contributed by atoms with Crippen molar-refractivity contribution in [2.24, 2.45) is 5.11 Å². The molecule has 2 aromatic carbocycles. The second-order valence-electron chi connectivity index (χ2n) is 6.38. The first kappa shape index (κ1) is 21.2. The van der Waals surface area contributed by atoms with Crippen molar-refractivity contribution in [3.05, 3.63) is 87.8 Å². The summed E-state index contributed by atoms with van der Waals surface area (Å²) in [4.78, 5) is 14.3. The fourth-order valence-electron chi connectivity index (χ4n) is 2.45. The number of aliphatic hydroxyl groups is 1. The Hall–Kier alpha value is -3.12. The number of esters is 1. The molecule has 0 bridgehead atoms. The normalized spacial score (nSPS) is 14.1. The molecular weight excluding hydrogens is 358 g/mol. The summed E-state index contributed by atoms with van der Waals surface area (Å²) >= 11 is 0. The van der Waals surface area contributed by atoms with E-state index in [2.05, 4.69) is 14.8 Å². The van der Waals surface area contributed by atoms with Gasteiger partial charge in [-0.15, -0.1) is 0 Å². The van der Waals surface area contributed by atoms with Crippen LogP contribution in [0, 0.1) is 0 Å². The zero-order valence-corrected chi connectivity index (χ0v) is 15.9. The van der Waals surface area contributed by atoms with Gasteiger partial charge < -0.3 is 14.6 Å². The second-order valence-corrected chi connectivity index (χ2v) is 6.38. The Morgan fingerprint density at radius 3 is 2.54 bits per heavy atom. The number of nitrogens with zero attached hydrogens (tertiary/aromatic N) is 3. The Bertz CT molecular complexity index is 846. The van der Waals surface area contributed by atoms with Crippen LogP contribution in [0.3, 0.4) is 0 Å². The van der Waals surface area contributed by atoms with E-state index in [4.69, 9.17) is 10.3 Å². The summed E-state index contributed by atoms with van der Waals surface area (Å²) in [6.45, 7) is 1.99. The molecule has 0 saturated heterocycles. The van der Waals surface area contributed by atoms with E-state index >= 15 is 0 Å². The fraction of sp³-hybridized carbons (Fsp3) is 0.286. The highest BCUT2D eigenvalue weighted by molar-refractivity contribution is 5.89. The van der Waals surface area contributed by atoms with E-state index in [9.17, 15) is 9.90 Å². The van der Waals surface area contributed by atoms with Crippen LogP contribution in [0.5, 0.6) is 0 Å². The molecule has 0 aliphatic carbocycles. The molecule has 0 radical (unpaired) electrons. The lowest BCUT2D eigenvalue weighted by Crippen LogP contribution is -2.38. The molecule has 0 saturated carbocycles. The van der Waals surface area contributed by atoms with Crippen LogP contribution >= 0.6 is 0 Å². The van der Waals surface area contributed by atoms with E-state index < -0.39 is 17.6 Å². The number of aliphatic hydroxyl groups excluding tert-OH is 1. The van der Waals surface area contributed by atoms with Crippen molar-refractivity contribution in [3.8, 4) is 0 Å². The van der Waals surface area contributed by atoms with E-state index in [0.717, 1.165) is 11.1 Å². The summed E-state index contributed by atoms with van der Waals surface area (Å²) in [5, 5.41) is 14.2. The molecule has 0 heterocycles. The molecule has 7 heteroatoms. The van der Waals surface area contributed by atoms with Crippen LogP contribution in [0.1, 0.15) is 28.4 Å². The van der Waals surface area contributed by atoms with Gasteiger partial charge in [0.2, 0.25) is 0 Å². The molecule has 146 valence electrons. The molecular formula is C21H23N3O4. The number of hydrogen-bond acceptors (Lipinski definition) is 5. The summed E-state index contributed by atoms with van der Waals surface area (Å²) in [6, 6.07) is 16.3. The Morgan fingerprint density at radius 1 is 1.25 bits per heavy atom. The number of benzene rings is 2. The fourth-order valence-corrected chi connectivity index (χ4v) is 2.45. The molecule has 7 nitrogen and oxygen atoms in total. The van der Waals surface area contributed by atoms with Crippen molar-refractivity contribution in [3.63, 3.8) is 0 Å². The molecule has 0 fully saturated rings. The van der Waals surface area contributed by atoms with Gasteiger partial charge >= 0.3 is 5.97 Å². The molecule has 2 atom stereocenters. The Morgan fingerprint density at radius 2 is 1.93 bits per heavy atom. The maximum atomic E-state index is 11.5. The number of carbonyl (C=O) groups excluding carboxylic acids is 1. The van der Waals surface area contributed by atoms with Crippen molar-refractivity contribution in [1.82, 2.24) is 0 Å². The number of azide groups is 1. The van der Waals surface area contributed by atoms with Gasteiger partial charge in [0.1, 0.15) is 0 Å². The standard InChI is InChI=1S/C21H23N3O4/c1-21(23-24-22,19(25)15-28-14-17-6-4-3-5-7-17)13-12-16-8-10-18(11-9-16)20(26)27-2/h3-13,19,25H,14-15H2,1-2H3/b13-12+. The third-order valence-corrected chi connectivity index (χ3v) is 4.27. The minimum atomic E-state index is -1.19. The van der Waals surface area contributed by atoms with E-state index in [1.807, 2.05) is 30.3 Å². The Kier molecular flexibility index (Phi) is 7.77. The summed E-state index contributed by atoms with van der Waals surface area (Å²) in [5.74, 6) is -0.416. The number of rotatable bonds is 9. The molecule has 0 spiro atoms. The first-order valence-corrected chi connectivity index (χ1v) is 8.72. The van der Waals surface area contributed by atoms with Gasteiger partial charge in [0.05, 0.1) is 37.5 Å². The van der Waals surface area contributed by atoms with E-state index in [1.54, 1.807) is 43.3 Å². The van der Waals surface area contributed by atoms with Crippen molar-refractivity contribution < 1.29 is 19.4 Å². The van der Waals surface area contributed by atoms with Crippen LogP contribution < -0.4 is 0 Å². The predicted molar refractivity (Wildman–Crippen MR) is 106 cm³/mol. The van der Waals surface area contributed by atoms with Crippen molar-refractivity contribution >= 4 is 12.0 Å². The molecule has 0 aliphatic rings. The lowest BCUT2D eigenvalue weighted by Gasteiger charge is -2.26. The molecule has 0 aromatic heterocycles. The Labute approximate surface area is 163 Å². The summed E-state index contributed by atoms with van der Waals surface area (Å²) in [7, 11) is 1.32. The molecule has 1 N–H and O–H groups in total. The second kappa shape index (κ2) is 10.3. The number of hydrogen-bond donors (Lipinski definition) is 1. The van der Waals surface area contributed by atoms with E-state index in [-0.39, 0.29) is 6.61 Å². The average Bonchev–Trinajstić information content (AvgIpc) is 2.73. The number of methoxy groups -OCH3 is 1. The lowest BCUT2D eigenvalue weighted by atomic mass is 9.94. The topological polar surface area (TPSA) is 105 Å². The minimum Gasteiger partial charge on any atom is -0.465 e. The maximum absolute atomic E-state index is 11.5. The highest BCUT2D eigenvalue weighted by Crippen LogP contribution is 2.21. The highest BCUT2D eigenvalue weighted by Gasteiger charge is 2.29. The van der Waals surface area contributed by atoms with Gasteiger partial charge in [-0.1, -0.05) is 59.7 Å². The van der Waals surface area contributed by atoms with E-state index in [0.29, 0.717) is 12.2 Å². The molecule has 2 aromatic rings. The SMILES string of the molecule is COC(=O)c1ccc(/C=C/C(C)(N=[N+]=[N-])C(O)COCc2ccccc2)cc1. The van der Waals surface area contributed by atoms with Gasteiger partial charge in [-0.3, -0.25) is 0 Å². The molecule has 0 aliphatic heterocycles. The van der Waals surface area contributed by atoms with Crippen molar-refractivity contribution in [1.29, 1.82) is 0 Å². The number of carbonyl (C=O) groups is 1. The van der Waals surface area contributed by atoms with Gasteiger partial charge in [0.15, 0.2) is 0 Å². The zero-order valence-electron chi connectivity index (χ0n) is 15.9. The first-order chi connectivity index (χ1) is 13.5. The van der Waals surface area contributed by atoms with Crippen molar-refractivity contribution in [2.45, 2.75) is 25.2 Å². The minimum absolute atomic E-state index is 0.00995. The highest BCUT2D eigenvalue weighted by atomic mass is 16.5. The lowest BCUT2D eigenvalue weighted by molar-refractivity contribution is 0.00378. The van der Waals surface area contributed by atoms with E-state index in [1.165, 1.54) is 7.11 Å². The molecule has 2 rings (SSSR count). The van der Waals surface area contributed by atoms with Gasteiger partial charge in [0.25, 0.3) is 0 Å². The van der Waals surface area contributed by atoms with Gasteiger partial charge in [-0.2, -0.15) is 0 Å². The molecule has 28 heavy (non-hydrogen) atoms. The summed E-state index contributed by atoms with van der Waals surface area (Å²) in [5.41, 5.74) is 9.92. The molecule has 2 unspecified atom stereocenters. The van der Waals surface area contributed by atoms with Crippen LogP contribution in [0.25, 0.3) is 16.5 Å². The predicted octanol–water partition coefficient (Wildman–Crippen LogP) is 4.13. The number of ether oxygens (including phenoxy) is 2. The third kappa shape index (κ3) is 5.96. The van der Waals surface area contributed by atoms with Crippen LogP contribution in [0.15, 0.2) is 65.8 Å². The third-order valence-electron chi connectivity index (χ3n) is 4.27. The Balaban J connectivity index is 2.03.